The number of anilines is 1. The van der Waals surface area contributed by atoms with Crippen LogP contribution in [0.15, 0.2) is 36.4 Å². The highest BCUT2D eigenvalue weighted by Crippen LogP contribution is 2.42. The van der Waals surface area contributed by atoms with Crippen LogP contribution in [0, 0.1) is 0 Å². The van der Waals surface area contributed by atoms with E-state index < -0.39 is 0 Å². The molecule has 120 valence electrons. The van der Waals surface area contributed by atoms with Crippen molar-refractivity contribution >= 4 is 23.2 Å². The minimum absolute atomic E-state index is 0.0761. The van der Waals surface area contributed by atoms with E-state index in [1.165, 1.54) is 0 Å². The Morgan fingerprint density at radius 3 is 2.61 bits per heavy atom. The predicted octanol–water partition coefficient (Wildman–Crippen LogP) is 3.66. The summed E-state index contributed by atoms with van der Waals surface area (Å²) in [6.07, 6.45) is 0.514. The molecule has 1 atom stereocenters. The molecule has 2 aromatic carbocycles. The molecular formula is C18H18ClNO3. The van der Waals surface area contributed by atoms with E-state index in [4.69, 9.17) is 21.1 Å². The van der Waals surface area contributed by atoms with Gasteiger partial charge >= 0.3 is 0 Å². The normalized spacial score (nSPS) is 16.4. The number of carbonyl (C=O) groups is 1. The van der Waals surface area contributed by atoms with Gasteiger partial charge < -0.3 is 14.4 Å². The van der Waals surface area contributed by atoms with Crippen LogP contribution in [0.25, 0.3) is 0 Å². The minimum atomic E-state index is -0.242. The summed E-state index contributed by atoms with van der Waals surface area (Å²) in [5.41, 5.74) is 2.84. The van der Waals surface area contributed by atoms with Crippen LogP contribution in [0.2, 0.25) is 5.02 Å². The smallest absolute Gasteiger partial charge is 0.234 e. The van der Waals surface area contributed by atoms with Crippen molar-refractivity contribution in [3.63, 3.8) is 0 Å². The maximum atomic E-state index is 12.6. The first-order valence-corrected chi connectivity index (χ1v) is 7.71. The van der Waals surface area contributed by atoms with Gasteiger partial charge in [-0.1, -0.05) is 29.8 Å². The maximum absolute atomic E-state index is 12.6. The van der Waals surface area contributed by atoms with Gasteiger partial charge in [-0.05, 0) is 24.1 Å². The number of likely N-dealkylation sites (N-methyl/N-ethyl adjacent to an activating group) is 1. The predicted molar refractivity (Wildman–Crippen MR) is 90.9 cm³/mol. The fourth-order valence-electron chi connectivity index (χ4n) is 3.15. The van der Waals surface area contributed by atoms with Crippen molar-refractivity contribution in [2.75, 3.05) is 26.2 Å². The van der Waals surface area contributed by atoms with Crippen LogP contribution in [0.5, 0.6) is 11.5 Å². The number of methoxy groups -OCH3 is 2. The molecule has 0 saturated heterocycles. The Morgan fingerprint density at radius 1 is 1.17 bits per heavy atom. The second kappa shape index (κ2) is 6.13. The molecule has 0 saturated carbocycles. The summed E-state index contributed by atoms with van der Waals surface area (Å²) in [6, 6.07) is 11.4. The molecule has 3 rings (SSSR count). The number of para-hydroxylation sites is 1. The van der Waals surface area contributed by atoms with Crippen molar-refractivity contribution in [2.45, 2.75) is 12.3 Å². The van der Waals surface area contributed by atoms with Gasteiger partial charge in [-0.2, -0.15) is 0 Å². The lowest BCUT2D eigenvalue weighted by Gasteiger charge is -2.16. The number of halogens is 1. The van der Waals surface area contributed by atoms with E-state index >= 15 is 0 Å². The summed E-state index contributed by atoms with van der Waals surface area (Å²) in [5, 5.41) is 0.560. The first-order chi connectivity index (χ1) is 11.1. The van der Waals surface area contributed by atoms with Gasteiger partial charge in [-0.3, -0.25) is 4.79 Å². The average molecular weight is 332 g/mol. The molecular weight excluding hydrogens is 314 g/mol. The summed E-state index contributed by atoms with van der Waals surface area (Å²) in [4.78, 5) is 14.3. The summed E-state index contributed by atoms with van der Waals surface area (Å²) >= 11 is 6.18. The molecule has 1 amide bonds. The maximum Gasteiger partial charge on any atom is 0.234 e. The van der Waals surface area contributed by atoms with E-state index in [0.29, 0.717) is 22.9 Å². The van der Waals surface area contributed by atoms with E-state index in [1.54, 1.807) is 32.2 Å². The molecule has 0 N–H and O–H groups in total. The molecule has 0 fully saturated rings. The first-order valence-electron chi connectivity index (χ1n) is 7.33. The van der Waals surface area contributed by atoms with E-state index in [1.807, 2.05) is 30.3 Å². The lowest BCUT2D eigenvalue weighted by Crippen LogP contribution is -2.25. The topological polar surface area (TPSA) is 38.8 Å². The number of amides is 1. The van der Waals surface area contributed by atoms with Gasteiger partial charge in [0.05, 0.1) is 20.1 Å². The van der Waals surface area contributed by atoms with Crippen molar-refractivity contribution in [3.8, 4) is 11.5 Å². The molecule has 0 unspecified atom stereocenters. The lowest BCUT2D eigenvalue weighted by molar-refractivity contribution is -0.119. The van der Waals surface area contributed by atoms with Gasteiger partial charge in [-0.25, -0.2) is 0 Å². The van der Waals surface area contributed by atoms with Crippen LogP contribution in [0.4, 0.5) is 5.69 Å². The van der Waals surface area contributed by atoms with Gasteiger partial charge in [0.25, 0.3) is 0 Å². The van der Waals surface area contributed by atoms with Crippen molar-refractivity contribution in [1.29, 1.82) is 0 Å². The third kappa shape index (κ3) is 2.63. The van der Waals surface area contributed by atoms with E-state index in [9.17, 15) is 4.79 Å². The molecule has 1 heterocycles. The number of fused-ring (bicyclic) bond motifs is 1. The molecule has 2 aromatic rings. The number of carbonyl (C=O) groups excluding carboxylic acids is 1. The zero-order chi connectivity index (χ0) is 16.6. The van der Waals surface area contributed by atoms with E-state index in [2.05, 4.69) is 0 Å². The van der Waals surface area contributed by atoms with Crippen molar-refractivity contribution in [1.82, 2.24) is 0 Å². The number of rotatable bonds is 4. The largest absolute Gasteiger partial charge is 0.493 e. The molecule has 5 heteroatoms. The monoisotopic (exact) mass is 331 g/mol. The lowest BCUT2D eigenvalue weighted by atomic mass is 9.92. The Kier molecular flexibility index (Phi) is 4.18. The Morgan fingerprint density at radius 2 is 1.91 bits per heavy atom. The molecule has 0 aliphatic carbocycles. The highest BCUT2D eigenvalue weighted by molar-refractivity contribution is 6.30. The Balaban J connectivity index is 2.03. The summed E-state index contributed by atoms with van der Waals surface area (Å²) in [7, 11) is 4.96. The quantitative estimate of drug-likeness (QED) is 0.858. The molecule has 0 aromatic heterocycles. The Bertz CT molecular complexity index is 760. The molecule has 0 spiro atoms. The SMILES string of the molecule is COc1cc(Cl)cc(C[C@@H]2C(=O)N(C)c3ccccc32)c1OC. The van der Waals surface area contributed by atoms with E-state index in [-0.39, 0.29) is 11.8 Å². The van der Waals surface area contributed by atoms with Crippen molar-refractivity contribution < 1.29 is 14.3 Å². The molecule has 23 heavy (non-hydrogen) atoms. The van der Waals surface area contributed by atoms with Gasteiger partial charge in [-0.15, -0.1) is 0 Å². The summed E-state index contributed by atoms with van der Waals surface area (Å²) < 4.78 is 10.8. The molecule has 4 nitrogen and oxygen atoms in total. The first kappa shape index (κ1) is 15.7. The van der Waals surface area contributed by atoms with Crippen LogP contribution in [0.3, 0.4) is 0 Å². The van der Waals surface area contributed by atoms with Gasteiger partial charge in [0.2, 0.25) is 5.91 Å². The van der Waals surface area contributed by atoms with Gasteiger partial charge in [0.1, 0.15) is 0 Å². The highest BCUT2D eigenvalue weighted by atomic mass is 35.5. The van der Waals surface area contributed by atoms with Crippen LogP contribution < -0.4 is 14.4 Å². The Hall–Kier alpha value is -2.20. The van der Waals surface area contributed by atoms with Crippen LogP contribution in [0.1, 0.15) is 17.0 Å². The second-order valence-corrected chi connectivity index (χ2v) is 5.95. The molecule has 1 aliphatic rings. The minimum Gasteiger partial charge on any atom is -0.493 e. The number of benzene rings is 2. The van der Waals surface area contributed by atoms with Crippen LogP contribution >= 0.6 is 11.6 Å². The molecule has 0 bridgehead atoms. The Labute approximate surface area is 140 Å². The number of hydrogen-bond donors (Lipinski definition) is 0. The third-order valence-corrected chi connectivity index (χ3v) is 4.47. The molecule has 0 radical (unpaired) electrons. The average Bonchev–Trinajstić information content (AvgIpc) is 2.80. The van der Waals surface area contributed by atoms with Crippen LogP contribution in [-0.2, 0) is 11.2 Å². The fourth-order valence-corrected chi connectivity index (χ4v) is 3.38. The zero-order valence-electron chi connectivity index (χ0n) is 13.3. The number of ether oxygens (including phenoxy) is 2. The van der Waals surface area contributed by atoms with Crippen molar-refractivity contribution in [2.24, 2.45) is 0 Å². The summed E-state index contributed by atoms with van der Waals surface area (Å²) in [5.74, 6) is 1.03. The fraction of sp³-hybridized carbons (Fsp3) is 0.278. The van der Waals surface area contributed by atoms with E-state index in [0.717, 1.165) is 16.8 Å². The molecule has 1 aliphatic heterocycles. The second-order valence-electron chi connectivity index (χ2n) is 5.51. The van der Waals surface area contributed by atoms with Gasteiger partial charge in [0, 0.05) is 29.4 Å². The highest BCUT2D eigenvalue weighted by Gasteiger charge is 2.35. The van der Waals surface area contributed by atoms with Crippen molar-refractivity contribution in [3.05, 3.63) is 52.5 Å². The number of hydrogen-bond acceptors (Lipinski definition) is 3. The zero-order valence-corrected chi connectivity index (χ0v) is 14.1. The van der Waals surface area contributed by atoms with Gasteiger partial charge in [0.15, 0.2) is 11.5 Å². The van der Waals surface area contributed by atoms with Crippen LogP contribution in [-0.4, -0.2) is 27.2 Å². The standard InChI is InChI=1S/C18H18ClNO3/c1-20-15-7-5-4-6-13(15)14(18(20)21)9-11-8-12(19)10-16(22-2)17(11)23-3/h4-8,10,14H,9H2,1-3H3/t14-/m0/s1. The third-order valence-electron chi connectivity index (χ3n) is 4.25. The number of nitrogens with zero attached hydrogens (tertiary/aromatic N) is 1. The summed E-state index contributed by atoms with van der Waals surface area (Å²) in [6.45, 7) is 0.